The predicted molar refractivity (Wildman–Crippen MR) is 125 cm³/mol. The highest BCUT2D eigenvalue weighted by atomic mass is 31.2. The van der Waals surface area contributed by atoms with E-state index in [4.69, 9.17) is 27.8 Å². The molecule has 3 atom stereocenters. The summed E-state index contributed by atoms with van der Waals surface area (Å²) in [5.74, 6) is 0.932. The monoisotopic (exact) mass is 524 g/mol. The Hall–Kier alpha value is -3.47. The van der Waals surface area contributed by atoms with Gasteiger partial charge in [-0.3, -0.25) is 18.9 Å². The van der Waals surface area contributed by atoms with Crippen molar-refractivity contribution in [1.82, 2.24) is 9.55 Å². The first-order valence-electron chi connectivity index (χ1n) is 10.7. The fraction of sp³-hybridized carbons (Fsp3) is 0.304. The van der Waals surface area contributed by atoms with Crippen LogP contribution in [0.2, 0.25) is 0 Å². The molecule has 3 aromatic rings. The molecule has 1 aliphatic rings. The highest BCUT2D eigenvalue weighted by Gasteiger charge is 2.38. The number of halogens is 2. The molecule has 1 fully saturated rings. The summed E-state index contributed by atoms with van der Waals surface area (Å²) in [6.45, 7) is -0.143. The summed E-state index contributed by atoms with van der Waals surface area (Å²) in [4.78, 5) is 25.1. The van der Waals surface area contributed by atoms with Crippen molar-refractivity contribution in [2.45, 2.75) is 24.9 Å². The topological polar surface area (TPSA) is 110 Å². The molecular formula is C23H23F2N2O8P. The molecule has 13 heteroatoms. The van der Waals surface area contributed by atoms with Crippen molar-refractivity contribution in [3.63, 3.8) is 0 Å². The van der Waals surface area contributed by atoms with E-state index >= 15 is 0 Å². The Morgan fingerprint density at radius 2 is 1.50 bits per heavy atom. The smallest absolute Gasteiger partial charge is 0.463 e. The molecule has 1 N–H and O–H groups in total. The molecule has 0 bridgehead atoms. The molecule has 4 rings (SSSR count). The van der Waals surface area contributed by atoms with E-state index in [0.29, 0.717) is 33.8 Å². The van der Waals surface area contributed by atoms with E-state index in [1.54, 1.807) is 67.7 Å². The van der Waals surface area contributed by atoms with Gasteiger partial charge in [0.25, 0.3) is 5.56 Å². The van der Waals surface area contributed by atoms with E-state index in [0.717, 1.165) is 0 Å². The van der Waals surface area contributed by atoms with Crippen molar-refractivity contribution in [1.29, 1.82) is 0 Å². The number of methoxy groups -OCH3 is 2. The minimum Gasteiger partial charge on any atom is -0.497 e. The van der Waals surface area contributed by atoms with E-state index in [1.807, 2.05) is 0 Å². The van der Waals surface area contributed by atoms with Gasteiger partial charge in [-0.05, 0) is 48.5 Å². The molecule has 0 saturated carbocycles. The minimum atomic E-state index is -2.02. The quantitative estimate of drug-likeness (QED) is 0.400. The molecule has 0 amide bonds. The number of alkyl halides is 1. The van der Waals surface area contributed by atoms with Gasteiger partial charge in [0.15, 0.2) is 6.23 Å². The summed E-state index contributed by atoms with van der Waals surface area (Å²) >= 11 is 0. The summed E-state index contributed by atoms with van der Waals surface area (Å²) in [5, 5.41) is 0. The van der Waals surface area contributed by atoms with Crippen LogP contribution in [0.3, 0.4) is 0 Å². The molecule has 1 saturated heterocycles. The summed E-state index contributed by atoms with van der Waals surface area (Å²) in [6, 6.07) is 13.5. The number of benzene rings is 2. The van der Waals surface area contributed by atoms with E-state index in [1.165, 1.54) is 0 Å². The summed E-state index contributed by atoms with van der Waals surface area (Å²) in [6.07, 6.45) is -3.37. The molecule has 0 aliphatic carbocycles. The normalized spacial score (nSPS) is 19.3. The van der Waals surface area contributed by atoms with Crippen molar-refractivity contribution < 1.29 is 36.6 Å². The van der Waals surface area contributed by atoms with Crippen LogP contribution in [-0.4, -0.2) is 42.7 Å². The number of aromatic amines is 1. The lowest BCUT2D eigenvalue weighted by atomic mass is 10.2. The van der Waals surface area contributed by atoms with Crippen LogP contribution in [0.15, 0.2) is 64.3 Å². The zero-order valence-electron chi connectivity index (χ0n) is 19.3. The molecular weight excluding hydrogens is 501 g/mol. The van der Waals surface area contributed by atoms with Crippen LogP contribution in [0.5, 0.6) is 23.0 Å². The number of nitrogens with one attached hydrogen (secondary N) is 1. The van der Waals surface area contributed by atoms with Crippen molar-refractivity contribution in [3.05, 3.63) is 81.4 Å². The van der Waals surface area contributed by atoms with Crippen LogP contribution in [0, 0.1) is 5.82 Å². The third kappa shape index (κ3) is 6.20. The maximum atomic E-state index is 14.7. The van der Waals surface area contributed by atoms with Gasteiger partial charge in [0.1, 0.15) is 29.2 Å². The fourth-order valence-electron chi connectivity index (χ4n) is 3.36. The molecule has 1 aromatic heterocycles. The lowest BCUT2D eigenvalue weighted by molar-refractivity contribution is -0.0370. The van der Waals surface area contributed by atoms with Crippen LogP contribution in [0.4, 0.5) is 8.78 Å². The highest BCUT2D eigenvalue weighted by molar-refractivity contribution is 7.42. The third-order valence-electron chi connectivity index (χ3n) is 5.17. The van der Waals surface area contributed by atoms with Gasteiger partial charge in [-0.25, -0.2) is 9.18 Å². The number of ether oxygens (including phenoxy) is 3. The Balaban J connectivity index is 1.44. The highest BCUT2D eigenvalue weighted by Crippen LogP contribution is 2.43. The zero-order chi connectivity index (χ0) is 25.7. The molecule has 36 heavy (non-hydrogen) atoms. The molecule has 3 unspecified atom stereocenters. The fourth-order valence-corrected chi connectivity index (χ4v) is 4.38. The van der Waals surface area contributed by atoms with Gasteiger partial charge in [0.05, 0.1) is 33.1 Å². The van der Waals surface area contributed by atoms with Crippen LogP contribution >= 0.6 is 8.60 Å². The number of H-pyrrole nitrogens is 1. The molecule has 2 heterocycles. The minimum absolute atomic E-state index is 0.133. The number of rotatable bonds is 10. The molecule has 0 radical (unpaired) electrons. The number of hydrogen-bond donors (Lipinski definition) is 1. The van der Waals surface area contributed by atoms with Gasteiger partial charge in [-0.2, -0.15) is 4.39 Å². The SMILES string of the molecule is COc1ccc(OP(OCC2CC(F)C(n3cc(F)c(=O)[nH]c3=O)O2)Oc2ccc(OC)cc2)cc1. The maximum Gasteiger partial charge on any atom is 0.463 e. The largest absolute Gasteiger partial charge is 0.497 e. The van der Waals surface area contributed by atoms with Crippen molar-refractivity contribution in [2.75, 3.05) is 20.8 Å². The van der Waals surface area contributed by atoms with Gasteiger partial charge in [-0.1, -0.05) is 0 Å². The van der Waals surface area contributed by atoms with E-state index < -0.39 is 44.2 Å². The first-order chi connectivity index (χ1) is 17.4. The average molecular weight is 524 g/mol. The lowest BCUT2D eigenvalue weighted by Crippen LogP contribution is -2.36. The second-order valence-corrected chi connectivity index (χ2v) is 8.67. The van der Waals surface area contributed by atoms with Crippen LogP contribution in [0.1, 0.15) is 12.6 Å². The first-order valence-corrected chi connectivity index (χ1v) is 11.8. The maximum absolute atomic E-state index is 14.7. The van der Waals surface area contributed by atoms with Gasteiger partial charge >= 0.3 is 14.3 Å². The second-order valence-electron chi connectivity index (χ2n) is 7.60. The summed E-state index contributed by atoms with van der Waals surface area (Å²) in [5.41, 5.74) is -2.18. The Kier molecular flexibility index (Phi) is 8.19. The summed E-state index contributed by atoms with van der Waals surface area (Å²) < 4.78 is 62.4. The molecule has 1 aliphatic heterocycles. The van der Waals surface area contributed by atoms with Gasteiger partial charge < -0.3 is 23.3 Å². The molecule has 0 spiro atoms. The van der Waals surface area contributed by atoms with Crippen LogP contribution < -0.4 is 29.8 Å². The Labute approximate surface area is 205 Å². The number of nitrogens with zero attached hydrogens (tertiary/aromatic N) is 1. The Morgan fingerprint density at radius 3 is 2.03 bits per heavy atom. The van der Waals surface area contributed by atoms with E-state index in [-0.39, 0.29) is 13.0 Å². The first kappa shape index (κ1) is 25.6. The van der Waals surface area contributed by atoms with Gasteiger partial charge in [-0.15, -0.1) is 0 Å². The van der Waals surface area contributed by atoms with Crippen LogP contribution in [0.25, 0.3) is 0 Å². The summed E-state index contributed by atoms with van der Waals surface area (Å²) in [7, 11) is 1.07. The van der Waals surface area contributed by atoms with E-state index in [9.17, 15) is 18.4 Å². The van der Waals surface area contributed by atoms with Crippen molar-refractivity contribution in [2.24, 2.45) is 0 Å². The van der Waals surface area contributed by atoms with Crippen molar-refractivity contribution in [3.8, 4) is 23.0 Å². The molecule has 192 valence electrons. The second kappa shape index (κ2) is 11.5. The van der Waals surface area contributed by atoms with Gasteiger partial charge in [0.2, 0.25) is 5.82 Å². The Bertz CT molecular complexity index is 1220. The number of aromatic nitrogens is 2. The average Bonchev–Trinajstić information content (AvgIpc) is 3.25. The Morgan fingerprint density at radius 1 is 0.972 bits per heavy atom. The van der Waals surface area contributed by atoms with E-state index in [2.05, 4.69) is 0 Å². The molecule has 2 aromatic carbocycles. The lowest BCUT2D eigenvalue weighted by Gasteiger charge is -2.20. The third-order valence-corrected chi connectivity index (χ3v) is 6.25. The van der Waals surface area contributed by atoms with Crippen LogP contribution in [-0.2, 0) is 9.26 Å². The molecule has 10 nitrogen and oxygen atoms in total. The van der Waals surface area contributed by atoms with Crippen molar-refractivity contribution >= 4 is 8.60 Å². The number of hydrogen-bond acceptors (Lipinski definition) is 8. The zero-order valence-corrected chi connectivity index (χ0v) is 20.2. The predicted octanol–water partition coefficient (Wildman–Crippen LogP) is 3.72. The standard InChI is InChI=1S/C23H23F2N2O8P/c1-30-14-3-7-16(8-4-14)34-36(35-17-9-5-15(31-2)6-10-17)32-13-18-11-19(24)22(33-18)27-12-20(25)21(28)26-23(27)29/h3-10,12,18-19,22H,11,13H2,1-2H3,(H,26,28,29). The van der Waals surface area contributed by atoms with Gasteiger partial charge in [0, 0.05) is 6.42 Å².